The highest BCUT2D eigenvalue weighted by molar-refractivity contribution is 6.32. The topological polar surface area (TPSA) is 35.2 Å². The first-order valence-electron chi connectivity index (χ1n) is 5.65. The Bertz CT molecular complexity index is 590. The fourth-order valence-corrected chi connectivity index (χ4v) is 2.00. The van der Waals surface area contributed by atoms with Crippen LogP contribution in [0.3, 0.4) is 0 Å². The lowest BCUT2D eigenvalue weighted by Crippen LogP contribution is -2.00. The molecule has 5 heteroatoms. The van der Waals surface area contributed by atoms with Crippen LogP contribution in [0.1, 0.15) is 11.1 Å². The predicted octanol–water partition coefficient (Wildman–Crippen LogP) is 4.17. The number of ether oxygens (including phenoxy) is 1. The zero-order valence-corrected chi connectivity index (χ0v) is 11.5. The van der Waals surface area contributed by atoms with Crippen molar-refractivity contribution in [3.05, 3.63) is 63.4 Å². The van der Waals surface area contributed by atoms with Crippen LogP contribution in [-0.2, 0) is 13.2 Å². The fourth-order valence-electron chi connectivity index (χ4n) is 1.58. The maximum absolute atomic E-state index is 13.6. The van der Waals surface area contributed by atoms with E-state index in [0.29, 0.717) is 27.9 Å². The summed E-state index contributed by atoms with van der Waals surface area (Å²) < 4.78 is 19.0. The van der Waals surface area contributed by atoms with Gasteiger partial charge in [0, 0.05) is 17.1 Å². The molecule has 0 aliphatic carbocycles. The van der Waals surface area contributed by atoms with Crippen molar-refractivity contribution in [3.63, 3.8) is 0 Å². The number of rotatable bonds is 4. The van der Waals surface area contributed by atoms with Crippen LogP contribution in [0.2, 0.25) is 10.0 Å². The molecule has 0 aliphatic heterocycles. The van der Waals surface area contributed by atoms with Crippen LogP contribution in [-0.4, -0.2) is 0 Å². The third kappa shape index (κ3) is 3.60. The lowest BCUT2D eigenvalue weighted by atomic mass is 10.2. The van der Waals surface area contributed by atoms with E-state index in [2.05, 4.69) is 0 Å². The molecule has 0 spiro atoms. The minimum atomic E-state index is -0.401. The molecule has 0 unspecified atom stereocenters. The van der Waals surface area contributed by atoms with Crippen molar-refractivity contribution < 1.29 is 9.13 Å². The number of hydrogen-bond acceptors (Lipinski definition) is 2. The summed E-state index contributed by atoms with van der Waals surface area (Å²) in [5.41, 5.74) is 6.84. The highest BCUT2D eigenvalue weighted by atomic mass is 35.5. The zero-order valence-electron chi connectivity index (χ0n) is 10.00. The van der Waals surface area contributed by atoms with Crippen LogP contribution in [0.4, 0.5) is 4.39 Å². The molecule has 2 aromatic rings. The molecular weight excluding hydrogens is 288 g/mol. The molecule has 0 saturated carbocycles. The molecule has 2 aromatic carbocycles. The van der Waals surface area contributed by atoms with Crippen molar-refractivity contribution in [1.29, 1.82) is 0 Å². The maximum atomic E-state index is 13.6. The second kappa shape index (κ2) is 6.24. The Morgan fingerprint density at radius 2 is 1.89 bits per heavy atom. The van der Waals surface area contributed by atoms with Gasteiger partial charge >= 0.3 is 0 Å². The fraction of sp³-hybridized carbons (Fsp3) is 0.143. The largest absolute Gasteiger partial charge is 0.487 e. The third-order valence-electron chi connectivity index (χ3n) is 2.63. The number of hydrogen-bond donors (Lipinski definition) is 1. The minimum absolute atomic E-state index is 0.0880. The smallest absolute Gasteiger partial charge is 0.138 e. The molecule has 19 heavy (non-hydrogen) atoms. The van der Waals surface area contributed by atoms with Gasteiger partial charge in [-0.1, -0.05) is 35.3 Å². The van der Waals surface area contributed by atoms with E-state index in [1.54, 1.807) is 24.3 Å². The Labute approximate surface area is 120 Å². The summed E-state index contributed by atoms with van der Waals surface area (Å²) in [6.45, 7) is 0.497. The van der Waals surface area contributed by atoms with Crippen molar-refractivity contribution in [2.75, 3.05) is 0 Å². The monoisotopic (exact) mass is 299 g/mol. The second-order valence-corrected chi connectivity index (χ2v) is 4.84. The van der Waals surface area contributed by atoms with Gasteiger partial charge in [0.25, 0.3) is 0 Å². The van der Waals surface area contributed by atoms with Gasteiger partial charge in [0.1, 0.15) is 18.2 Å². The van der Waals surface area contributed by atoms with Crippen LogP contribution < -0.4 is 10.5 Å². The van der Waals surface area contributed by atoms with Gasteiger partial charge < -0.3 is 10.5 Å². The van der Waals surface area contributed by atoms with Crippen LogP contribution in [0.25, 0.3) is 0 Å². The molecule has 0 bridgehead atoms. The van der Waals surface area contributed by atoms with Crippen molar-refractivity contribution in [3.8, 4) is 5.75 Å². The van der Waals surface area contributed by atoms with Crippen LogP contribution in [0.15, 0.2) is 36.4 Å². The van der Waals surface area contributed by atoms with Gasteiger partial charge in [-0.3, -0.25) is 0 Å². The second-order valence-electron chi connectivity index (χ2n) is 3.99. The molecule has 100 valence electrons. The van der Waals surface area contributed by atoms with Crippen molar-refractivity contribution in [1.82, 2.24) is 0 Å². The maximum Gasteiger partial charge on any atom is 0.138 e. The van der Waals surface area contributed by atoms with Gasteiger partial charge in [-0.25, -0.2) is 4.39 Å². The summed E-state index contributed by atoms with van der Waals surface area (Å²) in [7, 11) is 0. The van der Waals surface area contributed by atoms with Gasteiger partial charge in [0.2, 0.25) is 0 Å². The highest BCUT2D eigenvalue weighted by Gasteiger charge is 2.06. The molecule has 2 rings (SSSR count). The van der Waals surface area contributed by atoms with E-state index in [1.165, 1.54) is 6.07 Å². The van der Waals surface area contributed by atoms with Gasteiger partial charge in [0.05, 0.1) is 5.02 Å². The molecule has 0 radical (unpaired) electrons. The average Bonchev–Trinajstić information content (AvgIpc) is 2.39. The highest BCUT2D eigenvalue weighted by Crippen LogP contribution is 2.26. The standard InChI is InChI=1S/C14H12Cl2FNO/c15-11-3-2-10(13(17)6-11)8-19-14-4-1-9(7-18)5-12(14)16/h1-6H,7-8,18H2. The van der Waals surface area contributed by atoms with E-state index >= 15 is 0 Å². The molecule has 0 fully saturated rings. The number of benzene rings is 2. The Morgan fingerprint density at radius 3 is 2.53 bits per heavy atom. The lowest BCUT2D eigenvalue weighted by molar-refractivity contribution is 0.300. The summed E-state index contributed by atoms with van der Waals surface area (Å²) >= 11 is 11.7. The van der Waals surface area contributed by atoms with Crippen LogP contribution >= 0.6 is 23.2 Å². The first-order valence-corrected chi connectivity index (χ1v) is 6.41. The van der Waals surface area contributed by atoms with E-state index in [9.17, 15) is 4.39 Å². The van der Waals surface area contributed by atoms with Crippen molar-refractivity contribution >= 4 is 23.2 Å². The number of nitrogens with two attached hydrogens (primary N) is 1. The Hall–Kier alpha value is -1.29. The Kier molecular flexibility index (Phi) is 4.64. The Balaban J connectivity index is 2.10. The van der Waals surface area contributed by atoms with Crippen LogP contribution in [0.5, 0.6) is 5.75 Å². The lowest BCUT2D eigenvalue weighted by Gasteiger charge is -2.10. The summed E-state index contributed by atoms with van der Waals surface area (Å²) in [5, 5.41) is 0.809. The molecule has 2 nitrogen and oxygen atoms in total. The van der Waals surface area contributed by atoms with Gasteiger partial charge in [-0.15, -0.1) is 0 Å². The summed E-state index contributed by atoms with van der Waals surface area (Å²) in [4.78, 5) is 0. The molecule has 2 N–H and O–H groups in total. The normalized spacial score (nSPS) is 10.5. The van der Waals surface area contributed by atoms with Crippen molar-refractivity contribution in [2.24, 2.45) is 5.73 Å². The SMILES string of the molecule is NCc1ccc(OCc2ccc(Cl)cc2F)c(Cl)c1. The van der Waals surface area contributed by atoms with E-state index < -0.39 is 5.82 Å². The van der Waals surface area contributed by atoms with E-state index in [-0.39, 0.29) is 6.61 Å². The molecule has 0 heterocycles. The molecular formula is C14H12Cl2FNO. The summed E-state index contributed by atoms with van der Waals surface area (Å²) in [6, 6.07) is 9.72. The molecule has 0 atom stereocenters. The van der Waals surface area contributed by atoms with E-state index in [4.69, 9.17) is 33.7 Å². The van der Waals surface area contributed by atoms with Gasteiger partial charge in [0.15, 0.2) is 0 Å². The molecule has 0 amide bonds. The molecule has 0 saturated heterocycles. The summed E-state index contributed by atoms with van der Waals surface area (Å²) in [5.74, 6) is 0.0930. The third-order valence-corrected chi connectivity index (χ3v) is 3.16. The Morgan fingerprint density at radius 1 is 1.11 bits per heavy atom. The predicted molar refractivity (Wildman–Crippen MR) is 75.1 cm³/mol. The first kappa shape index (κ1) is 14.1. The minimum Gasteiger partial charge on any atom is -0.487 e. The zero-order chi connectivity index (χ0) is 13.8. The number of halogens is 3. The molecule has 0 aliphatic rings. The molecule has 0 aromatic heterocycles. The van der Waals surface area contributed by atoms with Crippen molar-refractivity contribution in [2.45, 2.75) is 13.2 Å². The average molecular weight is 300 g/mol. The van der Waals surface area contributed by atoms with Gasteiger partial charge in [-0.2, -0.15) is 0 Å². The van der Waals surface area contributed by atoms with Gasteiger partial charge in [-0.05, 0) is 29.8 Å². The first-order chi connectivity index (χ1) is 9.10. The quantitative estimate of drug-likeness (QED) is 0.919. The van der Waals surface area contributed by atoms with E-state index in [0.717, 1.165) is 5.56 Å². The summed E-state index contributed by atoms with van der Waals surface area (Å²) in [6.07, 6.45) is 0. The van der Waals surface area contributed by atoms with E-state index in [1.807, 2.05) is 6.07 Å². The van der Waals surface area contributed by atoms with Crippen LogP contribution in [0, 0.1) is 5.82 Å².